The molecule has 1 saturated carbocycles. The van der Waals surface area contributed by atoms with Crippen LogP contribution in [0.2, 0.25) is 0 Å². The fourth-order valence-corrected chi connectivity index (χ4v) is 7.07. The molecule has 9 nitrogen and oxygen atoms in total. The molecule has 2 unspecified atom stereocenters. The number of carbonyl (C=O) groups is 1. The molecule has 224 valence electrons. The number of carbonyl (C=O) groups excluding carboxylic acids is 1. The zero-order valence-corrected chi connectivity index (χ0v) is 25.3. The van der Waals surface area contributed by atoms with Gasteiger partial charge in [0.05, 0.1) is 30.8 Å². The summed E-state index contributed by atoms with van der Waals surface area (Å²) in [6, 6.07) is 17.8. The summed E-state index contributed by atoms with van der Waals surface area (Å²) in [6.07, 6.45) is 6.84. The van der Waals surface area contributed by atoms with E-state index in [0.29, 0.717) is 38.2 Å². The molecule has 1 aliphatic carbocycles. The van der Waals surface area contributed by atoms with Gasteiger partial charge in [0.2, 0.25) is 5.91 Å². The lowest BCUT2D eigenvalue weighted by atomic mass is 9.92. The molecule has 3 heterocycles. The highest BCUT2D eigenvalue weighted by Crippen LogP contribution is 2.35. The van der Waals surface area contributed by atoms with Crippen LogP contribution in [0.25, 0.3) is 10.8 Å². The molecule has 0 bridgehead atoms. The molecule has 1 amide bonds. The molecule has 2 aromatic carbocycles. The Kier molecular flexibility index (Phi) is 8.48. The molecule has 9 heteroatoms. The number of likely N-dealkylation sites (N-methyl/N-ethyl adjacent to an activating group) is 1. The Morgan fingerprint density at radius 2 is 1.91 bits per heavy atom. The van der Waals surface area contributed by atoms with Gasteiger partial charge >= 0.3 is 6.01 Å². The van der Waals surface area contributed by atoms with Crippen LogP contribution >= 0.6 is 0 Å². The van der Waals surface area contributed by atoms with Crippen molar-refractivity contribution in [2.24, 2.45) is 0 Å². The number of hydrogen-bond donors (Lipinski definition) is 0. The van der Waals surface area contributed by atoms with Crippen LogP contribution in [0.4, 0.5) is 11.5 Å². The summed E-state index contributed by atoms with van der Waals surface area (Å²) in [6.45, 7) is 6.85. The normalized spacial score (nSPS) is 22.3. The van der Waals surface area contributed by atoms with E-state index >= 15 is 0 Å². The van der Waals surface area contributed by atoms with Gasteiger partial charge in [0.1, 0.15) is 11.9 Å². The number of amides is 1. The van der Waals surface area contributed by atoms with Gasteiger partial charge in [-0.1, -0.05) is 49.4 Å². The summed E-state index contributed by atoms with van der Waals surface area (Å²) in [4.78, 5) is 31.4. The Labute approximate surface area is 254 Å². The van der Waals surface area contributed by atoms with Gasteiger partial charge in [-0.05, 0) is 57.3 Å². The SMILES string of the molecule is C=CC(=O)N1CCN(c2nc(O[C@H]3CCCCC3N(C)C)nc3c2CCN(c2cccc4ccccc24)C3)CC1CC#N. The zero-order chi connectivity index (χ0) is 29.9. The lowest BCUT2D eigenvalue weighted by Crippen LogP contribution is -2.55. The minimum Gasteiger partial charge on any atom is -0.458 e. The maximum absolute atomic E-state index is 12.6. The second-order valence-corrected chi connectivity index (χ2v) is 12.1. The van der Waals surface area contributed by atoms with Gasteiger partial charge < -0.3 is 24.3 Å². The molecule has 0 N–H and O–H groups in total. The molecule has 1 saturated heterocycles. The largest absolute Gasteiger partial charge is 0.458 e. The molecular formula is C34H41N7O2. The quantitative estimate of drug-likeness (QED) is 0.377. The molecule has 0 radical (unpaired) electrons. The predicted molar refractivity (Wildman–Crippen MR) is 169 cm³/mol. The molecular weight excluding hydrogens is 538 g/mol. The first kappa shape index (κ1) is 28.9. The molecule has 2 fully saturated rings. The van der Waals surface area contributed by atoms with Crippen molar-refractivity contribution < 1.29 is 9.53 Å². The highest BCUT2D eigenvalue weighted by molar-refractivity contribution is 5.94. The van der Waals surface area contributed by atoms with Crippen LogP contribution in [-0.4, -0.2) is 84.1 Å². The Hall–Kier alpha value is -4.16. The molecule has 2 aliphatic heterocycles. The summed E-state index contributed by atoms with van der Waals surface area (Å²) in [5.41, 5.74) is 3.32. The van der Waals surface area contributed by atoms with Crippen molar-refractivity contribution in [2.45, 2.75) is 63.3 Å². The smallest absolute Gasteiger partial charge is 0.319 e. The van der Waals surface area contributed by atoms with Gasteiger partial charge in [-0.3, -0.25) is 4.79 Å². The Morgan fingerprint density at radius 1 is 1.09 bits per heavy atom. The number of anilines is 2. The van der Waals surface area contributed by atoms with E-state index < -0.39 is 0 Å². The summed E-state index contributed by atoms with van der Waals surface area (Å²) < 4.78 is 6.65. The standard InChI is InChI=1S/C34H41N7O2/c1-4-32(42)41-21-20-40(22-25(41)16-18-35)33-27-17-19-39(29-14-9-11-24-10-5-6-12-26(24)29)23-28(27)36-34(37-33)43-31-15-8-7-13-30(31)38(2)3/h4-6,9-12,14,25,30-31H,1,7-8,13,15-17,19-23H2,2-3H3/t25?,30?,31-/m0/s1. The molecule has 3 aliphatic rings. The van der Waals surface area contributed by atoms with Gasteiger partial charge in [0, 0.05) is 48.9 Å². The summed E-state index contributed by atoms with van der Waals surface area (Å²) >= 11 is 0. The van der Waals surface area contributed by atoms with Crippen molar-refractivity contribution in [3.63, 3.8) is 0 Å². The van der Waals surface area contributed by atoms with Gasteiger partial charge in [0.15, 0.2) is 0 Å². The topological polar surface area (TPSA) is 88.8 Å². The van der Waals surface area contributed by atoms with Crippen LogP contribution in [0, 0.1) is 11.3 Å². The number of fused-ring (bicyclic) bond motifs is 2. The van der Waals surface area contributed by atoms with E-state index in [1.165, 1.54) is 29.0 Å². The van der Waals surface area contributed by atoms with Crippen LogP contribution in [-0.2, 0) is 17.8 Å². The van der Waals surface area contributed by atoms with Crippen LogP contribution in [0.15, 0.2) is 55.1 Å². The van der Waals surface area contributed by atoms with E-state index in [2.05, 4.69) is 83.9 Å². The summed E-state index contributed by atoms with van der Waals surface area (Å²) in [5.74, 6) is 0.745. The minimum atomic E-state index is -0.230. The van der Waals surface area contributed by atoms with Crippen LogP contribution in [0.3, 0.4) is 0 Å². The molecule has 3 atom stereocenters. The summed E-state index contributed by atoms with van der Waals surface area (Å²) in [7, 11) is 4.24. The highest BCUT2D eigenvalue weighted by atomic mass is 16.5. The molecule has 6 rings (SSSR count). The van der Waals surface area contributed by atoms with Crippen molar-refractivity contribution in [3.05, 3.63) is 66.4 Å². The third-order valence-corrected chi connectivity index (χ3v) is 9.28. The highest BCUT2D eigenvalue weighted by Gasteiger charge is 2.35. The number of ether oxygens (including phenoxy) is 1. The second kappa shape index (κ2) is 12.6. The monoisotopic (exact) mass is 579 g/mol. The fourth-order valence-electron chi connectivity index (χ4n) is 7.07. The third kappa shape index (κ3) is 5.89. The molecule has 43 heavy (non-hydrogen) atoms. The average molecular weight is 580 g/mol. The van der Waals surface area contributed by atoms with Crippen LogP contribution in [0.1, 0.15) is 43.4 Å². The van der Waals surface area contributed by atoms with Crippen molar-refractivity contribution >= 4 is 28.2 Å². The van der Waals surface area contributed by atoms with E-state index in [1.807, 2.05) is 0 Å². The first-order valence-electron chi connectivity index (χ1n) is 15.5. The molecule has 0 spiro atoms. The van der Waals surface area contributed by atoms with E-state index in [0.717, 1.165) is 49.3 Å². The average Bonchev–Trinajstić information content (AvgIpc) is 3.03. The first-order valence-corrected chi connectivity index (χ1v) is 15.5. The fraction of sp³-hybridized carbons (Fsp3) is 0.471. The van der Waals surface area contributed by atoms with E-state index in [1.54, 1.807) is 4.90 Å². The van der Waals surface area contributed by atoms with Crippen LogP contribution in [0.5, 0.6) is 6.01 Å². The Bertz CT molecular complexity index is 1530. The van der Waals surface area contributed by atoms with Crippen molar-refractivity contribution in [2.75, 3.05) is 50.1 Å². The number of nitrogens with zero attached hydrogens (tertiary/aromatic N) is 7. The maximum atomic E-state index is 12.6. The lowest BCUT2D eigenvalue weighted by Gasteiger charge is -2.42. The van der Waals surface area contributed by atoms with Gasteiger partial charge in [-0.25, -0.2) is 0 Å². The maximum Gasteiger partial charge on any atom is 0.319 e. The van der Waals surface area contributed by atoms with Crippen molar-refractivity contribution in [3.8, 4) is 12.1 Å². The van der Waals surface area contributed by atoms with Gasteiger partial charge in [-0.15, -0.1) is 0 Å². The number of benzene rings is 2. The number of hydrogen-bond acceptors (Lipinski definition) is 8. The third-order valence-electron chi connectivity index (χ3n) is 9.28. The van der Waals surface area contributed by atoms with Crippen LogP contribution < -0.4 is 14.5 Å². The lowest BCUT2D eigenvalue weighted by molar-refractivity contribution is -0.128. The zero-order valence-electron chi connectivity index (χ0n) is 25.3. The molecule has 3 aromatic rings. The number of rotatable bonds is 7. The summed E-state index contributed by atoms with van der Waals surface area (Å²) in [5, 5.41) is 12.0. The number of piperazine rings is 1. The number of nitriles is 1. The van der Waals surface area contributed by atoms with Crippen molar-refractivity contribution in [1.29, 1.82) is 5.26 Å². The van der Waals surface area contributed by atoms with E-state index in [4.69, 9.17) is 14.7 Å². The van der Waals surface area contributed by atoms with Gasteiger partial charge in [-0.2, -0.15) is 15.2 Å². The molecule has 1 aromatic heterocycles. The predicted octanol–water partition coefficient (Wildman–Crippen LogP) is 4.56. The minimum absolute atomic E-state index is 0.0285. The number of aromatic nitrogens is 2. The Balaban J connectivity index is 1.36. The van der Waals surface area contributed by atoms with Crippen molar-refractivity contribution in [1.82, 2.24) is 19.8 Å². The first-order chi connectivity index (χ1) is 21.0. The van der Waals surface area contributed by atoms with E-state index in [-0.39, 0.29) is 24.5 Å². The van der Waals surface area contributed by atoms with Gasteiger partial charge in [0.25, 0.3) is 0 Å². The van der Waals surface area contributed by atoms with E-state index in [9.17, 15) is 10.1 Å². The Morgan fingerprint density at radius 3 is 2.72 bits per heavy atom. The second-order valence-electron chi connectivity index (χ2n) is 12.1.